The SMILES string of the molecule is BrC1CCCCCC1CCc1cccs1. The van der Waals surface area contributed by atoms with Crippen LogP contribution in [0.15, 0.2) is 17.5 Å². The van der Waals surface area contributed by atoms with Crippen molar-refractivity contribution in [3.05, 3.63) is 22.4 Å². The van der Waals surface area contributed by atoms with Crippen LogP contribution in [-0.2, 0) is 6.42 Å². The van der Waals surface area contributed by atoms with E-state index in [1.807, 2.05) is 11.3 Å². The first kappa shape index (κ1) is 11.7. The van der Waals surface area contributed by atoms with E-state index >= 15 is 0 Å². The van der Waals surface area contributed by atoms with Gasteiger partial charge in [0.2, 0.25) is 0 Å². The third-order valence-corrected chi connectivity index (χ3v) is 5.55. The fraction of sp³-hybridized carbons (Fsp3) is 0.692. The van der Waals surface area contributed by atoms with Gasteiger partial charge in [-0.3, -0.25) is 0 Å². The van der Waals surface area contributed by atoms with E-state index in [0.717, 1.165) is 10.7 Å². The maximum Gasteiger partial charge on any atom is 0.0174 e. The Hall–Kier alpha value is 0.180. The molecule has 0 bridgehead atoms. The molecule has 1 aliphatic rings. The predicted molar refractivity (Wildman–Crippen MR) is 71.9 cm³/mol. The van der Waals surface area contributed by atoms with Crippen LogP contribution in [-0.4, -0.2) is 4.83 Å². The zero-order chi connectivity index (χ0) is 10.5. The minimum Gasteiger partial charge on any atom is -0.149 e. The smallest absolute Gasteiger partial charge is 0.0174 e. The Bertz CT molecular complexity index is 268. The molecule has 0 radical (unpaired) electrons. The molecular weight excluding hydrogens is 268 g/mol. The molecule has 1 aliphatic carbocycles. The number of alkyl halides is 1. The first-order chi connectivity index (χ1) is 7.36. The van der Waals surface area contributed by atoms with Gasteiger partial charge >= 0.3 is 0 Å². The highest BCUT2D eigenvalue weighted by Crippen LogP contribution is 2.32. The van der Waals surface area contributed by atoms with E-state index in [2.05, 4.69) is 33.4 Å². The van der Waals surface area contributed by atoms with Crippen LogP contribution >= 0.6 is 27.3 Å². The lowest BCUT2D eigenvalue weighted by atomic mass is 9.94. The van der Waals surface area contributed by atoms with Crippen molar-refractivity contribution in [3.63, 3.8) is 0 Å². The van der Waals surface area contributed by atoms with E-state index in [0.29, 0.717) is 0 Å². The molecule has 1 heterocycles. The van der Waals surface area contributed by atoms with Gasteiger partial charge in [0.1, 0.15) is 0 Å². The Morgan fingerprint density at radius 3 is 2.93 bits per heavy atom. The van der Waals surface area contributed by atoms with E-state index in [1.165, 1.54) is 44.9 Å². The number of hydrogen-bond donors (Lipinski definition) is 0. The predicted octanol–water partition coefficient (Wildman–Crippen LogP) is 5.02. The first-order valence-electron chi connectivity index (χ1n) is 6.03. The van der Waals surface area contributed by atoms with Crippen molar-refractivity contribution >= 4 is 27.3 Å². The van der Waals surface area contributed by atoms with Crippen molar-refractivity contribution in [1.29, 1.82) is 0 Å². The first-order valence-corrected chi connectivity index (χ1v) is 7.82. The lowest BCUT2D eigenvalue weighted by molar-refractivity contribution is 0.446. The third-order valence-electron chi connectivity index (χ3n) is 3.41. The van der Waals surface area contributed by atoms with Crippen LogP contribution in [0.4, 0.5) is 0 Å². The fourth-order valence-electron chi connectivity index (χ4n) is 2.45. The van der Waals surface area contributed by atoms with Gasteiger partial charge in [-0.15, -0.1) is 11.3 Å². The Balaban J connectivity index is 1.81. The van der Waals surface area contributed by atoms with Crippen LogP contribution < -0.4 is 0 Å². The minimum atomic E-state index is 0.778. The summed E-state index contributed by atoms with van der Waals surface area (Å²) in [5.74, 6) is 0.912. The molecule has 2 atom stereocenters. The van der Waals surface area contributed by atoms with Crippen molar-refractivity contribution in [2.75, 3.05) is 0 Å². The highest BCUT2D eigenvalue weighted by atomic mass is 79.9. The normalized spacial score (nSPS) is 27.5. The van der Waals surface area contributed by atoms with Crippen molar-refractivity contribution in [2.24, 2.45) is 5.92 Å². The van der Waals surface area contributed by atoms with E-state index in [9.17, 15) is 0 Å². The molecule has 15 heavy (non-hydrogen) atoms. The second-order valence-electron chi connectivity index (χ2n) is 4.53. The lowest BCUT2D eigenvalue weighted by Crippen LogP contribution is -2.13. The van der Waals surface area contributed by atoms with Crippen LogP contribution in [0.1, 0.15) is 43.4 Å². The second kappa shape index (κ2) is 6.05. The third kappa shape index (κ3) is 3.60. The average Bonchev–Trinajstić information content (AvgIpc) is 2.67. The molecule has 1 fully saturated rings. The molecule has 1 aromatic rings. The van der Waals surface area contributed by atoms with Crippen molar-refractivity contribution in [2.45, 2.75) is 49.8 Å². The number of hydrogen-bond acceptors (Lipinski definition) is 1. The van der Waals surface area contributed by atoms with E-state index < -0.39 is 0 Å². The lowest BCUT2D eigenvalue weighted by Gasteiger charge is -2.19. The highest BCUT2D eigenvalue weighted by Gasteiger charge is 2.20. The molecule has 0 nitrogen and oxygen atoms in total. The van der Waals surface area contributed by atoms with E-state index in [-0.39, 0.29) is 0 Å². The summed E-state index contributed by atoms with van der Waals surface area (Å²) < 4.78 is 0. The summed E-state index contributed by atoms with van der Waals surface area (Å²) >= 11 is 5.78. The Morgan fingerprint density at radius 2 is 2.13 bits per heavy atom. The number of halogens is 1. The molecule has 2 unspecified atom stereocenters. The molecule has 1 aromatic heterocycles. The topological polar surface area (TPSA) is 0 Å². The summed E-state index contributed by atoms with van der Waals surface area (Å²) in [6.07, 6.45) is 9.78. The Labute approximate surface area is 105 Å². The fourth-order valence-corrected chi connectivity index (χ4v) is 4.02. The van der Waals surface area contributed by atoms with Gasteiger partial charge in [0.25, 0.3) is 0 Å². The Morgan fingerprint density at radius 1 is 1.27 bits per heavy atom. The molecule has 2 heteroatoms. The molecule has 0 spiro atoms. The molecule has 2 rings (SSSR count). The van der Waals surface area contributed by atoms with Gasteiger partial charge in [0.15, 0.2) is 0 Å². The summed E-state index contributed by atoms with van der Waals surface area (Å²) in [6.45, 7) is 0. The summed E-state index contributed by atoms with van der Waals surface area (Å²) in [7, 11) is 0. The summed E-state index contributed by atoms with van der Waals surface area (Å²) in [5, 5.41) is 2.19. The standard InChI is InChI=1S/C13H19BrS/c14-13-7-3-1-2-5-11(13)8-9-12-6-4-10-15-12/h4,6,10-11,13H,1-3,5,7-9H2. The molecule has 84 valence electrons. The Kier molecular flexibility index (Phi) is 4.70. The van der Waals surface area contributed by atoms with Gasteiger partial charge in [-0.05, 0) is 43.0 Å². The maximum atomic E-state index is 3.87. The largest absolute Gasteiger partial charge is 0.149 e. The van der Waals surface area contributed by atoms with Crippen LogP contribution in [0.25, 0.3) is 0 Å². The number of thiophene rings is 1. The zero-order valence-electron chi connectivity index (χ0n) is 9.12. The number of aryl methyl sites for hydroxylation is 1. The van der Waals surface area contributed by atoms with Gasteiger partial charge in [-0.25, -0.2) is 0 Å². The maximum absolute atomic E-state index is 3.87. The molecule has 0 N–H and O–H groups in total. The molecule has 0 saturated heterocycles. The van der Waals surface area contributed by atoms with Crippen LogP contribution in [0.5, 0.6) is 0 Å². The van der Waals surface area contributed by atoms with E-state index in [4.69, 9.17) is 0 Å². The van der Waals surface area contributed by atoms with Crippen molar-refractivity contribution in [1.82, 2.24) is 0 Å². The quantitative estimate of drug-likeness (QED) is 0.540. The minimum absolute atomic E-state index is 0.778. The van der Waals surface area contributed by atoms with Gasteiger partial charge in [0, 0.05) is 9.70 Å². The highest BCUT2D eigenvalue weighted by molar-refractivity contribution is 9.09. The summed E-state index contributed by atoms with van der Waals surface area (Å²) in [6, 6.07) is 4.43. The molecular formula is C13H19BrS. The van der Waals surface area contributed by atoms with Crippen LogP contribution in [0.3, 0.4) is 0 Å². The molecule has 0 aromatic carbocycles. The van der Waals surface area contributed by atoms with Gasteiger partial charge in [-0.2, -0.15) is 0 Å². The summed E-state index contributed by atoms with van der Waals surface area (Å²) in [5.41, 5.74) is 0. The molecule has 0 aliphatic heterocycles. The van der Waals surface area contributed by atoms with Crippen molar-refractivity contribution in [3.8, 4) is 0 Å². The molecule has 0 amide bonds. The van der Waals surface area contributed by atoms with Gasteiger partial charge < -0.3 is 0 Å². The van der Waals surface area contributed by atoms with Crippen molar-refractivity contribution < 1.29 is 0 Å². The summed E-state index contributed by atoms with van der Waals surface area (Å²) in [4.78, 5) is 2.33. The second-order valence-corrected chi connectivity index (χ2v) is 6.74. The number of rotatable bonds is 3. The molecule has 1 saturated carbocycles. The van der Waals surface area contributed by atoms with Crippen LogP contribution in [0, 0.1) is 5.92 Å². The van der Waals surface area contributed by atoms with Gasteiger partial charge in [-0.1, -0.05) is 41.3 Å². The zero-order valence-corrected chi connectivity index (χ0v) is 11.5. The monoisotopic (exact) mass is 286 g/mol. The van der Waals surface area contributed by atoms with Gasteiger partial charge in [0.05, 0.1) is 0 Å². The van der Waals surface area contributed by atoms with E-state index in [1.54, 1.807) is 4.88 Å². The average molecular weight is 287 g/mol. The van der Waals surface area contributed by atoms with Crippen LogP contribution in [0.2, 0.25) is 0 Å².